The van der Waals surface area contributed by atoms with Gasteiger partial charge in [0.2, 0.25) is 9.84 Å². The summed E-state index contributed by atoms with van der Waals surface area (Å²) in [6.45, 7) is 1.93. The van der Waals surface area contributed by atoms with Gasteiger partial charge in [0.25, 0.3) is 0 Å². The van der Waals surface area contributed by atoms with Gasteiger partial charge in [-0.2, -0.15) is 0 Å². The number of aryl methyl sites for hydroxylation is 1. The smallest absolute Gasteiger partial charge is 0.204 e. The molecule has 116 valence electrons. The molecule has 0 saturated carbocycles. The van der Waals surface area contributed by atoms with Crippen molar-refractivity contribution >= 4 is 21.6 Å². The van der Waals surface area contributed by atoms with Gasteiger partial charge in [0.1, 0.15) is 0 Å². The SMILES string of the molecule is Cc1ccc(S(=O)(=O)C2C=CC(/C=C/c3ccccc3)=N2)cc1. The third-order valence-corrected chi connectivity index (χ3v) is 5.45. The van der Waals surface area contributed by atoms with E-state index in [0.717, 1.165) is 11.1 Å². The van der Waals surface area contributed by atoms with E-state index in [1.165, 1.54) is 0 Å². The molecule has 0 aliphatic carbocycles. The van der Waals surface area contributed by atoms with Gasteiger partial charge in [0.15, 0.2) is 5.37 Å². The Hall–Kier alpha value is -2.46. The number of aliphatic imine (C=N–C) groups is 1. The maximum Gasteiger partial charge on any atom is 0.204 e. The van der Waals surface area contributed by atoms with Gasteiger partial charge in [-0.15, -0.1) is 0 Å². The van der Waals surface area contributed by atoms with Crippen LogP contribution in [0, 0.1) is 6.92 Å². The monoisotopic (exact) mass is 323 g/mol. The summed E-state index contributed by atoms with van der Waals surface area (Å²) < 4.78 is 25.2. The van der Waals surface area contributed by atoms with Crippen LogP contribution in [0.5, 0.6) is 0 Å². The second kappa shape index (κ2) is 6.34. The summed E-state index contributed by atoms with van der Waals surface area (Å²) in [6.07, 6.45) is 7.12. The van der Waals surface area contributed by atoms with Crippen molar-refractivity contribution in [1.82, 2.24) is 0 Å². The fourth-order valence-corrected chi connectivity index (χ4v) is 3.64. The van der Waals surface area contributed by atoms with Gasteiger partial charge in [-0.1, -0.05) is 54.1 Å². The molecule has 0 radical (unpaired) electrons. The lowest BCUT2D eigenvalue weighted by atomic mass is 10.2. The third-order valence-electron chi connectivity index (χ3n) is 3.62. The molecule has 4 heteroatoms. The van der Waals surface area contributed by atoms with Crippen LogP contribution in [0.15, 0.2) is 82.7 Å². The average Bonchev–Trinajstić information content (AvgIpc) is 3.04. The van der Waals surface area contributed by atoms with E-state index in [-0.39, 0.29) is 0 Å². The summed E-state index contributed by atoms with van der Waals surface area (Å²) in [5.41, 5.74) is 2.74. The zero-order chi connectivity index (χ0) is 16.3. The summed E-state index contributed by atoms with van der Waals surface area (Å²) in [4.78, 5) is 4.61. The Bertz CT molecular complexity index is 877. The minimum Gasteiger partial charge on any atom is -0.261 e. The molecule has 1 atom stereocenters. The molecule has 0 amide bonds. The Morgan fingerprint density at radius 1 is 0.957 bits per heavy atom. The minimum atomic E-state index is -3.48. The molecule has 1 heterocycles. The molecular formula is C19H17NO2S. The molecule has 0 N–H and O–H groups in total. The summed E-state index contributed by atoms with van der Waals surface area (Å²) in [6, 6.07) is 16.7. The number of rotatable bonds is 4. The van der Waals surface area contributed by atoms with E-state index in [4.69, 9.17) is 0 Å². The van der Waals surface area contributed by atoms with Crippen molar-refractivity contribution in [2.24, 2.45) is 4.99 Å². The number of nitrogens with zero attached hydrogens (tertiary/aromatic N) is 1. The van der Waals surface area contributed by atoms with Crippen molar-refractivity contribution in [3.8, 4) is 0 Å². The predicted octanol–water partition coefficient (Wildman–Crippen LogP) is 3.82. The molecule has 0 spiro atoms. The van der Waals surface area contributed by atoms with Crippen molar-refractivity contribution in [2.45, 2.75) is 17.2 Å². The van der Waals surface area contributed by atoms with Crippen LogP contribution in [0.25, 0.3) is 6.08 Å². The van der Waals surface area contributed by atoms with Crippen LogP contribution < -0.4 is 0 Å². The highest BCUT2D eigenvalue weighted by Gasteiger charge is 2.27. The minimum absolute atomic E-state index is 0.301. The summed E-state index contributed by atoms with van der Waals surface area (Å²) in [5, 5.41) is -0.847. The standard InChI is InChI=1S/C19H17NO2S/c1-15-7-12-18(13-8-15)23(21,22)19-14-11-17(20-19)10-9-16-5-3-2-4-6-16/h2-14,19H,1H3/b10-9+. The zero-order valence-electron chi connectivity index (χ0n) is 12.8. The van der Waals surface area contributed by atoms with Gasteiger partial charge in [-0.3, -0.25) is 4.99 Å². The van der Waals surface area contributed by atoms with Gasteiger partial charge in [0, 0.05) is 0 Å². The molecular weight excluding hydrogens is 306 g/mol. The van der Waals surface area contributed by atoms with Crippen LogP contribution in [-0.2, 0) is 9.84 Å². The van der Waals surface area contributed by atoms with E-state index in [0.29, 0.717) is 10.6 Å². The first-order valence-corrected chi connectivity index (χ1v) is 8.90. The fraction of sp³-hybridized carbons (Fsp3) is 0.105. The topological polar surface area (TPSA) is 46.5 Å². The Balaban J connectivity index is 1.81. The lowest BCUT2D eigenvalue weighted by molar-refractivity contribution is 0.590. The molecule has 2 aromatic rings. The highest BCUT2D eigenvalue weighted by molar-refractivity contribution is 7.92. The van der Waals surface area contributed by atoms with Gasteiger partial charge in [0.05, 0.1) is 10.6 Å². The Morgan fingerprint density at radius 2 is 1.65 bits per heavy atom. The first-order chi connectivity index (χ1) is 11.1. The molecule has 3 rings (SSSR count). The molecule has 1 aliphatic rings. The first-order valence-electron chi connectivity index (χ1n) is 7.35. The number of benzene rings is 2. The number of allylic oxidation sites excluding steroid dienone is 2. The van der Waals surface area contributed by atoms with Crippen LogP contribution in [0.3, 0.4) is 0 Å². The number of hydrogen-bond acceptors (Lipinski definition) is 3. The maximum atomic E-state index is 12.6. The van der Waals surface area contributed by atoms with Crippen LogP contribution in [0.1, 0.15) is 11.1 Å². The first kappa shape index (κ1) is 15.4. The second-order valence-electron chi connectivity index (χ2n) is 5.41. The molecule has 1 unspecified atom stereocenters. The van der Waals surface area contributed by atoms with Crippen molar-refractivity contribution < 1.29 is 8.42 Å². The summed E-state index contributed by atoms with van der Waals surface area (Å²) >= 11 is 0. The fourth-order valence-electron chi connectivity index (χ4n) is 2.30. The van der Waals surface area contributed by atoms with Crippen molar-refractivity contribution in [1.29, 1.82) is 0 Å². The predicted molar refractivity (Wildman–Crippen MR) is 94.2 cm³/mol. The van der Waals surface area contributed by atoms with Gasteiger partial charge >= 0.3 is 0 Å². The van der Waals surface area contributed by atoms with Gasteiger partial charge in [-0.25, -0.2) is 8.42 Å². The Morgan fingerprint density at radius 3 is 2.35 bits per heavy atom. The third kappa shape index (κ3) is 3.48. The molecule has 1 aliphatic heterocycles. The number of hydrogen-bond donors (Lipinski definition) is 0. The van der Waals surface area contributed by atoms with Crippen molar-refractivity contribution in [2.75, 3.05) is 0 Å². The maximum absolute atomic E-state index is 12.6. The molecule has 0 saturated heterocycles. The van der Waals surface area contributed by atoms with Crippen molar-refractivity contribution in [3.05, 3.63) is 84.0 Å². The molecule has 2 aromatic carbocycles. The van der Waals surface area contributed by atoms with E-state index in [9.17, 15) is 8.42 Å². The van der Waals surface area contributed by atoms with E-state index in [2.05, 4.69) is 4.99 Å². The van der Waals surface area contributed by atoms with Crippen LogP contribution in [0.2, 0.25) is 0 Å². The lowest BCUT2D eigenvalue weighted by Gasteiger charge is -2.07. The van der Waals surface area contributed by atoms with Crippen LogP contribution in [-0.4, -0.2) is 19.5 Å². The lowest BCUT2D eigenvalue weighted by Crippen LogP contribution is -2.15. The van der Waals surface area contributed by atoms with Crippen molar-refractivity contribution in [3.63, 3.8) is 0 Å². The van der Waals surface area contributed by atoms with E-state index in [1.807, 2.05) is 49.4 Å². The Labute approximate surface area is 136 Å². The Kier molecular flexibility index (Phi) is 4.26. The normalized spacial score (nSPS) is 17.6. The highest BCUT2D eigenvalue weighted by atomic mass is 32.2. The molecule has 0 aromatic heterocycles. The molecule has 23 heavy (non-hydrogen) atoms. The highest BCUT2D eigenvalue weighted by Crippen LogP contribution is 2.22. The number of sulfone groups is 1. The molecule has 0 bridgehead atoms. The molecule has 0 fully saturated rings. The van der Waals surface area contributed by atoms with Gasteiger partial charge < -0.3 is 0 Å². The van der Waals surface area contributed by atoms with Gasteiger partial charge in [-0.05, 0) is 42.8 Å². The molecule has 3 nitrogen and oxygen atoms in total. The van der Waals surface area contributed by atoms with E-state index in [1.54, 1.807) is 36.4 Å². The van der Waals surface area contributed by atoms with E-state index >= 15 is 0 Å². The summed E-state index contributed by atoms with van der Waals surface area (Å²) in [5.74, 6) is 0. The quantitative estimate of drug-likeness (QED) is 0.858. The second-order valence-corrected chi connectivity index (χ2v) is 7.45. The summed E-state index contributed by atoms with van der Waals surface area (Å²) in [7, 11) is -3.48. The largest absolute Gasteiger partial charge is 0.261 e. The zero-order valence-corrected chi connectivity index (χ0v) is 13.6. The van der Waals surface area contributed by atoms with Crippen LogP contribution >= 0.6 is 0 Å². The van der Waals surface area contributed by atoms with Crippen LogP contribution in [0.4, 0.5) is 0 Å². The average molecular weight is 323 g/mol. The van der Waals surface area contributed by atoms with E-state index < -0.39 is 15.2 Å².